The monoisotopic (exact) mass is 309 g/mol. The van der Waals surface area contributed by atoms with Crippen LogP contribution < -0.4 is 9.64 Å². The van der Waals surface area contributed by atoms with E-state index in [1.165, 1.54) is 0 Å². The predicted octanol–water partition coefficient (Wildman–Crippen LogP) is 2.79. The van der Waals surface area contributed by atoms with E-state index < -0.39 is 0 Å². The molecular weight excluding hydrogens is 290 g/mol. The lowest BCUT2D eigenvalue weighted by Crippen LogP contribution is -2.51. The van der Waals surface area contributed by atoms with Crippen molar-refractivity contribution in [3.63, 3.8) is 0 Å². The quantitative estimate of drug-likeness (QED) is 0.811. The fourth-order valence-corrected chi connectivity index (χ4v) is 3.43. The zero-order valence-corrected chi connectivity index (χ0v) is 13.2. The number of ketones is 1. The number of hydrogen-bond donors (Lipinski definition) is 0. The van der Waals surface area contributed by atoms with Crippen molar-refractivity contribution in [3.05, 3.63) is 47.7 Å². The lowest BCUT2D eigenvalue weighted by molar-refractivity contribution is 0.0231. The molecule has 23 heavy (non-hydrogen) atoms. The molecular formula is C18H19N3O2. The molecule has 1 spiro atoms. The fourth-order valence-electron chi connectivity index (χ4n) is 3.43. The van der Waals surface area contributed by atoms with Crippen molar-refractivity contribution in [2.24, 2.45) is 0 Å². The third-order valence-corrected chi connectivity index (χ3v) is 4.78. The Morgan fingerprint density at radius 1 is 1.09 bits per heavy atom. The minimum atomic E-state index is -0.361. The maximum Gasteiger partial charge on any atom is 0.170 e. The summed E-state index contributed by atoms with van der Waals surface area (Å²) in [6, 6.07) is 11.5. The van der Waals surface area contributed by atoms with Crippen LogP contribution in [0.5, 0.6) is 5.75 Å². The van der Waals surface area contributed by atoms with Gasteiger partial charge in [0, 0.05) is 25.9 Å². The molecule has 118 valence electrons. The maximum absolute atomic E-state index is 12.4. The smallest absolute Gasteiger partial charge is 0.170 e. The summed E-state index contributed by atoms with van der Waals surface area (Å²) in [6.45, 7) is 3.58. The second-order valence-electron chi connectivity index (χ2n) is 6.40. The van der Waals surface area contributed by atoms with Gasteiger partial charge in [-0.05, 0) is 31.2 Å². The van der Waals surface area contributed by atoms with E-state index in [2.05, 4.69) is 15.1 Å². The van der Waals surface area contributed by atoms with Gasteiger partial charge in [-0.2, -0.15) is 5.10 Å². The molecule has 5 nitrogen and oxygen atoms in total. The van der Waals surface area contributed by atoms with Gasteiger partial charge >= 0.3 is 0 Å². The van der Waals surface area contributed by atoms with Crippen LogP contribution in [-0.4, -0.2) is 34.7 Å². The number of carbonyl (C=O) groups is 1. The van der Waals surface area contributed by atoms with E-state index in [1.807, 2.05) is 43.3 Å². The molecule has 0 bridgehead atoms. The van der Waals surface area contributed by atoms with Crippen LogP contribution in [0.25, 0.3) is 0 Å². The number of nitrogens with zero attached hydrogens (tertiary/aromatic N) is 3. The average Bonchev–Trinajstić information content (AvgIpc) is 2.56. The van der Waals surface area contributed by atoms with Crippen molar-refractivity contribution in [1.82, 2.24) is 10.2 Å². The minimum Gasteiger partial charge on any atom is -0.486 e. The highest BCUT2D eigenvalue weighted by Gasteiger charge is 2.43. The first-order valence-corrected chi connectivity index (χ1v) is 8.02. The van der Waals surface area contributed by atoms with Gasteiger partial charge in [-0.3, -0.25) is 4.79 Å². The molecule has 1 fully saturated rings. The summed E-state index contributed by atoms with van der Waals surface area (Å²) in [7, 11) is 0. The number of anilines is 1. The Morgan fingerprint density at radius 2 is 1.87 bits per heavy atom. The van der Waals surface area contributed by atoms with E-state index in [0.29, 0.717) is 12.0 Å². The zero-order valence-electron chi connectivity index (χ0n) is 13.2. The number of para-hydroxylation sites is 1. The SMILES string of the molecule is Cc1ccc(N2CCC3(CC2)CC(=O)c2ccccc2O3)nn1. The Bertz CT molecular complexity index is 734. The van der Waals surface area contributed by atoms with Gasteiger partial charge in [0.1, 0.15) is 11.4 Å². The highest BCUT2D eigenvalue weighted by molar-refractivity contribution is 6.00. The lowest BCUT2D eigenvalue weighted by atomic mass is 9.82. The van der Waals surface area contributed by atoms with Crippen molar-refractivity contribution in [1.29, 1.82) is 0 Å². The zero-order chi connectivity index (χ0) is 15.9. The van der Waals surface area contributed by atoms with Crippen LogP contribution in [0.4, 0.5) is 5.82 Å². The number of aromatic nitrogens is 2. The van der Waals surface area contributed by atoms with Gasteiger partial charge in [-0.1, -0.05) is 12.1 Å². The molecule has 4 rings (SSSR count). The number of fused-ring (bicyclic) bond motifs is 1. The number of Topliss-reactive ketones (excluding diaryl/α,β-unsaturated/α-hetero) is 1. The molecule has 0 unspecified atom stereocenters. The van der Waals surface area contributed by atoms with Gasteiger partial charge in [-0.25, -0.2) is 0 Å². The molecule has 2 aromatic rings. The van der Waals surface area contributed by atoms with Gasteiger partial charge in [0.05, 0.1) is 17.7 Å². The molecule has 2 aliphatic heterocycles. The van der Waals surface area contributed by atoms with E-state index in [0.717, 1.165) is 43.2 Å². The van der Waals surface area contributed by atoms with E-state index >= 15 is 0 Å². The lowest BCUT2D eigenvalue weighted by Gasteiger charge is -2.44. The summed E-state index contributed by atoms with van der Waals surface area (Å²) in [5.74, 6) is 1.82. The summed E-state index contributed by atoms with van der Waals surface area (Å²) in [6.07, 6.45) is 2.11. The van der Waals surface area contributed by atoms with Crippen LogP contribution >= 0.6 is 0 Å². The van der Waals surface area contributed by atoms with Gasteiger partial charge in [0.25, 0.3) is 0 Å². The number of hydrogen-bond acceptors (Lipinski definition) is 5. The number of rotatable bonds is 1. The number of carbonyl (C=O) groups excluding carboxylic acids is 1. The van der Waals surface area contributed by atoms with Gasteiger partial charge < -0.3 is 9.64 Å². The first-order chi connectivity index (χ1) is 11.2. The first-order valence-electron chi connectivity index (χ1n) is 8.02. The second kappa shape index (κ2) is 5.33. The number of ether oxygens (including phenoxy) is 1. The number of benzene rings is 1. The molecule has 3 heterocycles. The standard InChI is InChI=1S/C18H19N3O2/c1-13-6-7-17(20-19-13)21-10-8-18(9-11-21)12-15(22)14-4-2-3-5-16(14)23-18/h2-7H,8-12H2,1H3. The van der Waals surface area contributed by atoms with E-state index in [4.69, 9.17) is 4.74 Å². The molecule has 1 aromatic carbocycles. The van der Waals surface area contributed by atoms with E-state index in [1.54, 1.807) is 0 Å². The van der Waals surface area contributed by atoms with Crippen molar-refractivity contribution in [3.8, 4) is 5.75 Å². The molecule has 0 N–H and O–H groups in total. The van der Waals surface area contributed by atoms with E-state index in [-0.39, 0.29) is 11.4 Å². The van der Waals surface area contributed by atoms with Crippen LogP contribution in [0.2, 0.25) is 0 Å². The Balaban J connectivity index is 1.51. The molecule has 0 atom stereocenters. The van der Waals surface area contributed by atoms with E-state index in [9.17, 15) is 4.79 Å². The summed E-state index contributed by atoms with van der Waals surface area (Å²) in [4.78, 5) is 14.6. The molecule has 0 amide bonds. The second-order valence-corrected chi connectivity index (χ2v) is 6.40. The molecule has 1 saturated heterocycles. The average molecular weight is 309 g/mol. The normalized spacial score (nSPS) is 19.3. The first kappa shape index (κ1) is 14.2. The van der Waals surface area contributed by atoms with Crippen LogP contribution in [0.1, 0.15) is 35.3 Å². The molecule has 0 radical (unpaired) electrons. The molecule has 5 heteroatoms. The highest BCUT2D eigenvalue weighted by atomic mass is 16.5. The van der Waals surface area contributed by atoms with Crippen LogP contribution in [-0.2, 0) is 0 Å². The summed E-state index contributed by atoms with van der Waals surface area (Å²) >= 11 is 0. The highest BCUT2D eigenvalue weighted by Crippen LogP contribution is 2.39. The minimum absolute atomic E-state index is 0.190. The fraction of sp³-hybridized carbons (Fsp3) is 0.389. The third kappa shape index (κ3) is 2.56. The summed E-state index contributed by atoms with van der Waals surface area (Å²) < 4.78 is 6.25. The van der Waals surface area contributed by atoms with Crippen molar-refractivity contribution < 1.29 is 9.53 Å². The topological polar surface area (TPSA) is 55.3 Å². The van der Waals surface area contributed by atoms with Gasteiger partial charge in [0.2, 0.25) is 0 Å². The van der Waals surface area contributed by atoms with Crippen molar-refractivity contribution in [2.75, 3.05) is 18.0 Å². The molecule has 2 aliphatic rings. The van der Waals surface area contributed by atoms with Crippen LogP contribution in [0.15, 0.2) is 36.4 Å². The maximum atomic E-state index is 12.4. The number of piperidine rings is 1. The molecule has 0 saturated carbocycles. The molecule has 1 aromatic heterocycles. The van der Waals surface area contributed by atoms with Crippen LogP contribution in [0.3, 0.4) is 0 Å². The Kier molecular flexibility index (Phi) is 3.29. The Morgan fingerprint density at radius 3 is 2.61 bits per heavy atom. The Labute approximate surface area is 135 Å². The summed E-state index contributed by atoms with van der Waals surface area (Å²) in [5.41, 5.74) is 1.27. The van der Waals surface area contributed by atoms with Gasteiger partial charge in [0.15, 0.2) is 11.6 Å². The summed E-state index contributed by atoms with van der Waals surface area (Å²) in [5, 5.41) is 8.38. The largest absolute Gasteiger partial charge is 0.486 e. The van der Waals surface area contributed by atoms with Crippen molar-refractivity contribution >= 4 is 11.6 Å². The van der Waals surface area contributed by atoms with Gasteiger partial charge in [-0.15, -0.1) is 5.10 Å². The third-order valence-electron chi connectivity index (χ3n) is 4.78. The van der Waals surface area contributed by atoms with Crippen molar-refractivity contribution in [2.45, 2.75) is 31.8 Å². The predicted molar refractivity (Wildman–Crippen MR) is 87.0 cm³/mol. The van der Waals surface area contributed by atoms with Crippen LogP contribution in [0, 0.1) is 6.92 Å². The number of aryl methyl sites for hydroxylation is 1. The Hall–Kier alpha value is -2.43. The molecule has 0 aliphatic carbocycles.